The minimum Gasteiger partial charge on any atom is -0.398 e. The van der Waals surface area contributed by atoms with Crippen LogP contribution >= 0.6 is 0 Å². The number of rotatable bonds is 5. The van der Waals surface area contributed by atoms with Crippen molar-refractivity contribution in [2.75, 3.05) is 17.6 Å². The lowest BCUT2D eigenvalue weighted by atomic mass is 9.93. The summed E-state index contributed by atoms with van der Waals surface area (Å²) in [4.78, 5) is 0. The molecule has 0 fully saturated rings. The number of hydrogen-bond acceptors (Lipinski definition) is 2. The van der Waals surface area contributed by atoms with Gasteiger partial charge in [-0.2, -0.15) is 0 Å². The van der Waals surface area contributed by atoms with E-state index in [1.54, 1.807) is 0 Å². The largest absolute Gasteiger partial charge is 0.398 e. The van der Waals surface area contributed by atoms with Crippen LogP contribution in [0, 0.1) is 0 Å². The Balaban J connectivity index is 1.70. The van der Waals surface area contributed by atoms with Crippen molar-refractivity contribution in [2.24, 2.45) is 0 Å². The maximum Gasteiger partial charge on any atom is 0.0419 e. The van der Waals surface area contributed by atoms with Crippen molar-refractivity contribution in [3.8, 4) is 11.1 Å². The van der Waals surface area contributed by atoms with Crippen LogP contribution in [0.2, 0.25) is 0 Å². The fraction of sp³-hybridized carbons (Fsp3) is 0.0667. The van der Waals surface area contributed by atoms with E-state index in [9.17, 15) is 0 Å². The summed E-state index contributed by atoms with van der Waals surface area (Å²) < 4.78 is 0. The number of para-hydroxylation sites is 2. The van der Waals surface area contributed by atoms with Crippen LogP contribution < -0.4 is 11.1 Å². The number of hydrogen-bond donors (Lipinski definition) is 2. The highest BCUT2D eigenvalue weighted by molar-refractivity contribution is 5.84. The van der Waals surface area contributed by atoms with E-state index in [2.05, 4.69) is 79.2 Å². The number of nitrogen functional groups attached to an aromatic ring is 1. The molecular weight excluding hydrogens is 388 g/mol. The third kappa shape index (κ3) is 4.65. The van der Waals surface area contributed by atoms with Crippen LogP contribution in [0.3, 0.4) is 0 Å². The van der Waals surface area contributed by atoms with Crippen molar-refractivity contribution >= 4 is 23.0 Å². The second kappa shape index (κ2) is 9.84. The molecular formula is C30H28N2. The number of nitrogens with one attached hydrogen (secondary N) is 1. The molecule has 3 aromatic rings. The Kier molecular flexibility index (Phi) is 6.52. The standard InChI is InChI=1S/C30H28N2/c1-3-10-23(25-19-20-32-30-16-9-7-12-26(30)22(2)21-25)17-18-24-11-4-5-13-27(24)28-14-6-8-15-29(28)31/h3-18,21,32H,1-2,19-20,31H2/b18-17-,23-10+,25-21+. The quantitative estimate of drug-likeness (QED) is 0.333. The Morgan fingerprint density at radius 1 is 0.875 bits per heavy atom. The minimum absolute atomic E-state index is 0.777. The first-order valence-corrected chi connectivity index (χ1v) is 10.8. The van der Waals surface area contributed by atoms with Crippen LogP contribution in [0.15, 0.2) is 121 Å². The first-order chi connectivity index (χ1) is 15.7. The van der Waals surface area contributed by atoms with Crippen molar-refractivity contribution in [2.45, 2.75) is 6.42 Å². The molecule has 1 aliphatic rings. The number of fused-ring (bicyclic) bond motifs is 1. The SMILES string of the molecule is C=C/C=C(\C=C/c1ccccc1-c1ccccc1N)C1=C/C(=C)c2ccccc2NCC\1. The van der Waals surface area contributed by atoms with Gasteiger partial charge in [0.05, 0.1) is 0 Å². The molecule has 3 N–H and O–H groups in total. The highest BCUT2D eigenvalue weighted by Crippen LogP contribution is 2.32. The summed E-state index contributed by atoms with van der Waals surface area (Å²) in [5.41, 5.74) is 15.9. The summed E-state index contributed by atoms with van der Waals surface area (Å²) >= 11 is 0. The molecule has 0 aliphatic carbocycles. The lowest BCUT2D eigenvalue weighted by molar-refractivity contribution is 1.01. The number of anilines is 2. The van der Waals surface area contributed by atoms with Crippen molar-refractivity contribution in [1.82, 2.24) is 0 Å². The number of allylic oxidation sites excluding steroid dienone is 6. The van der Waals surface area contributed by atoms with E-state index in [1.807, 2.05) is 42.5 Å². The predicted octanol–water partition coefficient (Wildman–Crippen LogP) is 7.52. The molecule has 0 unspecified atom stereocenters. The third-order valence-electron chi connectivity index (χ3n) is 5.65. The van der Waals surface area contributed by atoms with Gasteiger partial charge in [0.2, 0.25) is 0 Å². The Morgan fingerprint density at radius 3 is 2.34 bits per heavy atom. The summed E-state index contributed by atoms with van der Waals surface area (Å²) in [5.74, 6) is 0. The summed E-state index contributed by atoms with van der Waals surface area (Å²) in [5, 5.41) is 3.54. The average molecular weight is 417 g/mol. The highest BCUT2D eigenvalue weighted by atomic mass is 14.9. The zero-order chi connectivity index (χ0) is 22.3. The van der Waals surface area contributed by atoms with Crippen molar-refractivity contribution in [3.63, 3.8) is 0 Å². The van der Waals surface area contributed by atoms with E-state index in [0.717, 1.165) is 57.7 Å². The van der Waals surface area contributed by atoms with Gasteiger partial charge < -0.3 is 11.1 Å². The first-order valence-electron chi connectivity index (χ1n) is 10.8. The zero-order valence-electron chi connectivity index (χ0n) is 18.2. The van der Waals surface area contributed by atoms with Gasteiger partial charge in [-0.05, 0) is 46.4 Å². The van der Waals surface area contributed by atoms with Crippen LogP contribution in [0.25, 0.3) is 22.8 Å². The molecule has 0 amide bonds. The highest BCUT2D eigenvalue weighted by Gasteiger charge is 2.11. The van der Waals surface area contributed by atoms with Crippen molar-refractivity contribution in [1.29, 1.82) is 0 Å². The van der Waals surface area contributed by atoms with E-state index >= 15 is 0 Å². The molecule has 32 heavy (non-hydrogen) atoms. The average Bonchev–Trinajstić information content (AvgIpc) is 2.81. The van der Waals surface area contributed by atoms with Gasteiger partial charge in [0.15, 0.2) is 0 Å². The topological polar surface area (TPSA) is 38.0 Å². The normalized spacial score (nSPS) is 15.8. The van der Waals surface area contributed by atoms with Crippen LogP contribution in [0.5, 0.6) is 0 Å². The molecule has 0 radical (unpaired) electrons. The Bertz CT molecular complexity index is 1240. The maximum absolute atomic E-state index is 6.25. The fourth-order valence-corrected chi connectivity index (χ4v) is 4.04. The van der Waals surface area contributed by atoms with E-state index in [-0.39, 0.29) is 0 Å². The summed E-state index contributed by atoms with van der Waals surface area (Å²) in [6.07, 6.45) is 11.3. The molecule has 158 valence electrons. The summed E-state index contributed by atoms with van der Waals surface area (Å²) in [6, 6.07) is 24.6. The van der Waals surface area contributed by atoms with E-state index in [0.29, 0.717) is 0 Å². The third-order valence-corrected chi connectivity index (χ3v) is 5.65. The smallest absolute Gasteiger partial charge is 0.0419 e. The lowest BCUT2D eigenvalue weighted by Crippen LogP contribution is -2.08. The van der Waals surface area contributed by atoms with Crippen LogP contribution in [0.4, 0.5) is 11.4 Å². The molecule has 0 saturated heterocycles. The zero-order valence-corrected chi connectivity index (χ0v) is 18.2. The minimum atomic E-state index is 0.777. The second-order valence-electron chi connectivity index (χ2n) is 7.78. The van der Waals surface area contributed by atoms with Gasteiger partial charge in [0.1, 0.15) is 0 Å². The maximum atomic E-state index is 6.25. The van der Waals surface area contributed by atoms with Gasteiger partial charge in [-0.15, -0.1) is 0 Å². The van der Waals surface area contributed by atoms with Gasteiger partial charge in [0.25, 0.3) is 0 Å². The monoisotopic (exact) mass is 416 g/mol. The molecule has 1 aliphatic heterocycles. The summed E-state index contributed by atoms with van der Waals surface area (Å²) in [6.45, 7) is 9.11. The molecule has 0 spiro atoms. The molecule has 0 saturated carbocycles. The fourth-order valence-electron chi connectivity index (χ4n) is 4.04. The van der Waals surface area contributed by atoms with E-state index in [1.165, 1.54) is 5.57 Å². The molecule has 1 heterocycles. The molecule has 3 aromatic carbocycles. The van der Waals surface area contributed by atoms with Crippen molar-refractivity contribution in [3.05, 3.63) is 133 Å². The number of benzene rings is 3. The molecule has 0 atom stereocenters. The molecule has 2 heteroatoms. The van der Waals surface area contributed by atoms with Gasteiger partial charge in [-0.3, -0.25) is 0 Å². The van der Waals surface area contributed by atoms with Gasteiger partial charge in [0, 0.05) is 29.0 Å². The van der Waals surface area contributed by atoms with Gasteiger partial charge >= 0.3 is 0 Å². The number of nitrogens with two attached hydrogens (primary N) is 1. The van der Waals surface area contributed by atoms with Gasteiger partial charge in [-0.1, -0.05) is 104 Å². The van der Waals surface area contributed by atoms with E-state index in [4.69, 9.17) is 5.73 Å². The van der Waals surface area contributed by atoms with Crippen molar-refractivity contribution < 1.29 is 0 Å². The van der Waals surface area contributed by atoms with Crippen LogP contribution in [0.1, 0.15) is 17.5 Å². The second-order valence-corrected chi connectivity index (χ2v) is 7.78. The van der Waals surface area contributed by atoms with Gasteiger partial charge in [-0.25, -0.2) is 0 Å². The summed E-state index contributed by atoms with van der Waals surface area (Å²) in [7, 11) is 0. The molecule has 0 bridgehead atoms. The Labute approximate surface area is 190 Å². The molecule has 0 aromatic heterocycles. The molecule has 2 nitrogen and oxygen atoms in total. The van der Waals surface area contributed by atoms with Crippen LogP contribution in [-0.2, 0) is 0 Å². The Hall–Kier alpha value is -4.04. The molecule has 4 rings (SSSR count). The Morgan fingerprint density at radius 2 is 1.56 bits per heavy atom. The predicted molar refractivity (Wildman–Crippen MR) is 140 cm³/mol. The van der Waals surface area contributed by atoms with E-state index < -0.39 is 0 Å². The first kappa shape index (κ1) is 21.2. The lowest BCUT2D eigenvalue weighted by Gasteiger charge is -2.19. The van der Waals surface area contributed by atoms with Crippen LogP contribution in [-0.4, -0.2) is 6.54 Å².